The molecule has 2 N–H and O–H groups in total. The van der Waals surface area contributed by atoms with Gasteiger partial charge in [0.25, 0.3) is 0 Å². The summed E-state index contributed by atoms with van der Waals surface area (Å²) in [6, 6.07) is 0.301. The van der Waals surface area contributed by atoms with Crippen LogP contribution in [0.25, 0.3) is 0 Å². The van der Waals surface area contributed by atoms with Crippen LogP contribution in [0.15, 0.2) is 0 Å². The lowest BCUT2D eigenvalue weighted by Crippen LogP contribution is -2.53. The van der Waals surface area contributed by atoms with Gasteiger partial charge in [0, 0.05) is 12.6 Å². The molecule has 2 unspecified atom stereocenters. The standard InChI is InChI=1S/C16H32N2O2/c1-6-16(7-2)9-10-18(12-16)13(4)11-15(5,14(19)20)17-8-3/h13,17H,6-12H2,1-5H3,(H,19,20). The molecular formula is C16H32N2O2. The largest absolute Gasteiger partial charge is 0.480 e. The summed E-state index contributed by atoms with van der Waals surface area (Å²) in [7, 11) is 0. The topological polar surface area (TPSA) is 52.6 Å². The molecule has 1 aliphatic rings. The molecule has 4 heteroatoms. The molecule has 0 aromatic heterocycles. The molecule has 0 bridgehead atoms. The van der Waals surface area contributed by atoms with Gasteiger partial charge in [-0.15, -0.1) is 0 Å². The summed E-state index contributed by atoms with van der Waals surface area (Å²) in [5.74, 6) is -0.748. The highest BCUT2D eigenvalue weighted by molar-refractivity contribution is 5.78. The number of likely N-dealkylation sites (tertiary alicyclic amines) is 1. The van der Waals surface area contributed by atoms with Gasteiger partial charge in [0.05, 0.1) is 0 Å². The van der Waals surface area contributed by atoms with E-state index in [4.69, 9.17) is 0 Å². The summed E-state index contributed by atoms with van der Waals surface area (Å²) in [4.78, 5) is 14.0. The number of nitrogens with zero attached hydrogens (tertiary/aromatic N) is 1. The molecule has 0 saturated carbocycles. The van der Waals surface area contributed by atoms with E-state index < -0.39 is 11.5 Å². The van der Waals surface area contributed by atoms with Crippen LogP contribution in [0.3, 0.4) is 0 Å². The second kappa shape index (κ2) is 6.90. The van der Waals surface area contributed by atoms with E-state index in [0.717, 1.165) is 13.1 Å². The molecule has 1 rings (SSSR count). The Labute approximate surface area is 123 Å². The molecule has 0 aromatic carbocycles. The fourth-order valence-electron chi connectivity index (χ4n) is 3.52. The molecule has 0 spiro atoms. The molecule has 4 nitrogen and oxygen atoms in total. The van der Waals surface area contributed by atoms with Crippen LogP contribution in [0.4, 0.5) is 0 Å². The van der Waals surface area contributed by atoms with E-state index in [1.54, 1.807) is 6.92 Å². The maximum Gasteiger partial charge on any atom is 0.323 e. The van der Waals surface area contributed by atoms with Crippen LogP contribution in [0.2, 0.25) is 0 Å². The average Bonchev–Trinajstić information content (AvgIpc) is 2.84. The minimum Gasteiger partial charge on any atom is -0.480 e. The predicted octanol–water partition coefficient (Wildman–Crippen LogP) is 2.73. The molecule has 1 saturated heterocycles. The van der Waals surface area contributed by atoms with Crippen molar-refractivity contribution in [2.24, 2.45) is 5.41 Å². The van der Waals surface area contributed by atoms with Gasteiger partial charge in [0.2, 0.25) is 0 Å². The summed E-state index contributed by atoms with van der Waals surface area (Å²) in [5.41, 5.74) is -0.371. The van der Waals surface area contributed by atoms with Crippen molar-refractivity contribution >= 4 is 5.97 Å². The number of aliphatic carboxylic acids is 1. The zero-order chi connectivity index (χ0) is 15.4. The number of carbonyl (C=O) groups is 1. The molecule has 0 amide bonds. The smallest absolute Gasteiger partial charge is 0.323 e. The maximum absolute atomic E-state index is 11.5. The molecule has 20 heavy (non-hydrogen) atoms. The predicted molar refractivity (Wildman–Crippen MR) is 83.0 cm³/mol. The molecular weight excluding hydrogens is 252 g/mol. The van der Waals surface area contributed by atoms with Crippen LogP contribution < -0.4 is 5.32 Å². The second-order valence-electron chi connectivity index (χ2n) is 6.65. The molecule has 1 aliphatic heterocycles. The number of rotatable bonds is 8. The number of hydrogen-bond donors (Lipinski definition) is 2. The highest BCUT2D eigenvalue weighted by Gasteiger charge is 2.40. The van der Waals surface area contributed by atoms with Crippen LogP contribution in [0, 0.1) is 5.41 Å². The number of carboxylic acids is 1. The molecule has 118 valence electrons. The van der Waals surface area contributed by atoms with Crippen LogP contribution in [0.5, 0.6) is 0 Å². The molecule has 0 aromatic rings. The zero-order valence-corrected chi connectivity index (χ0v) is 13.8. The van der Waals surface area contributed by atoms with Crippen molar-refractivity contribution in [1.82, 2.24) is 10.2 Å². The van der Waals surface area contributed by atoms with Gasteiger partial charge in [-0.2, -0.15) is 0 Å². The summed E-state index contributed by atoms with van der Waals surface area (Å²) in [6.07, 6.45) is 4.33. The van der Waals surface area contributed by atoms with Gasteiger partial charge in [-0.25, -0.2) is 0 Å². The Balaban J connectivity index is 2.67. The summed E-state index contributed by atoms with van der Waals surface area (Å²) in [6.45, 7) is 13.4. The van der Waals surface area contributed by atoms with Crippen molar-refractivity contribution in [2.45, 2.75) is 71.9 Å². The lowest BCUT2D eigenvalue weighted by atomic mass is 9.82. The fraction of sp³-hybridized carbons (Fsp3) is 0.938. The summed E-state index contributed by atoms with van der Waals surface area (Å²) < 4.78 is 0. The van der Waals surface area contributed by atoms with E-state index in [-0.39, 0.29) is 0 Å². The third-order valence-electron chi connectivity index (χ3n) is 5.33. The van der Waals surface area contributed by atoms with Gasteiger partial charge in [-0.3, -0.25) is 4.79 Å². The Hall–Kier alpha value is -0.610. The second-order valence-corrected chi connectivity index (χ2v) is 6.65. The van der Waals surface area contributed by atoms with E-state index >= 15 is 0 Å². The highest BCUT2D eigenvalue weighted by Crippen LogP contribution is 2.38. The first-order valence-electron chi connectivity index (χ1n) is 8.05. The van der Waals surface area contributed by atoms with Crippen molar-refractivity contribution in [1.29, 1.82) is 0 Å². The molecule has 2 atom stereocenters. The van der Waals surface area contributed by atoms with Gasteiger partial charge in [0.15, 0.2) is 0 Å². The van der Waals surface area contributed by atoms with E-state index in [9.17, 15) is 9.90 Å². The number of nitrogens with one attached hydrogen (secondary N) is 1. The highest BCUT2D eigenvalue weighted by atomic mass is 16.4. The van der Waals surface area contributed by atoms with Crippen LogP contribution in [0.1, 0.15) is 60.3 Å². The quantitative estimate of drug-likeness (QED) is 0.719. The number of likely N-dealkylation sites (N-methyl/N-ethyl adjacent to an activating group) is 1. The van der Waals surface area contributed by atoms with Crippen LogP contribution in [-0.2, 0) is 4.79 Å². The van der Waals surface area contributed by atoms with E-state index in [1.165, 1.54) is 19.3 Å². The number of carboxylic acid groups (broad SMARTS) is 1. The van der Waals surface area contributed by atoms with Crippen molar-refractivity contribution in [3.05, 3.63) is 0 Å². The third-order valence-corrected chi connectivity index (χ3v) is 5.33. The monoisotopic (exact) mass is 284 g/mol. The Bertz CT molecular complexity index is 328. The van der Waals surface area contributed by atoms with Gasteiger partial charge in [-0.05, 0) is 58.0 Å². The minimum absolute atomic E-state index is 0.301. The molecule has 0 radical (unpaired) electrons. The number of hydrogen-bond acceptors (Lipinski definition) is 3. The first-order chi connectivity index (χ1) is 9.32. The Morgan fingerprint density at radius 1 is 1.40 bits per heavy atom. The lowest BCUT2D eigenvalue weighted by molar-refractivity contribution is -0.145. The third kappa shape index (κ3) is 3.73. The Morgan fingerprint density at radius 2 is 2.00 bits per heavy atom. The van der Waals surface area contributed by atoms with Crippen molar-refractivity contribution in [3.8, 4) is 0 Å². The molecule has 1 fully saturated rings. The van der Waals surface area contributed by atoms with Crippen LogP contribution >= 0.6 is 0 Å². The van der Waals surface area contributed by atoms with Gasteiger partial charge >= 0.3 is 5.97 Å². The minimum atomic E-state index is -0.822. The van der Waals surface area contributed by atoms with Crippen molar-refractivity contribution in [3.63, 3.8) is 0 Å². The summed E-state index contributed by atoms with van der Waals surface area (Å²) >= 11 is 0. The van der Waals surface area contributed by atoms with Gasteiger partial charge < -0.3 is 15.3 Å². The van der Waals surface area contributed by atoms with E-state index in [2.05, 4.69) is 31.0 Å². The Kier molecular flexibility index (Phi) is 6.02. The average molecular weight is 284 g/mol. The SMILES string of the molecule is CCNC(C)(CC(C)N1CCC(CC)(CC)C1)C(=O)O. The van der Waals surface area contributed by atoms with E-state index in [0.29, 0.717) is 24.4 Å². The first kappa shape index (κ1) is 17.4. The fourth-order valence-corrected chi connectivity index (χ4v) is 3.52. The van der Waals surface area contributed by atoms with Crippen molar-refractivity contribution < 1.29 is 9.90 Å². The van der Waals surface area contributed by atoms with Crippen LogP contribution in [-0.4, -0.2) is 47.2 Å². The molecule has 0 aliphatic carbocycles. The van der Waals surface area contributed by atoms with Gasteiger partial charge in [-0.1, -0.05) is 20.8 Å². The maximum atomic E-state index is 11.5. The molecule has 1 heterocycles. The first-order valence-corrected chi connectivity index (χ1v) is 8.05. The van der Waals surface area contributed by atoms with E-state index in [1.807, 2.05) is 6.92 Å². The van der Waals surface area contributed by atoms with Gasteiger partial charge in [0.1, 0.15) is 5.54 Å². The normalized spacial score (nSPS) is 23.4. The lowest BCUT2D eigenvalue weighted by Gasteiger charge is -2.34. The Morgan fingerprint density at radius 3 is 2.40 bits per heavy atom. The zero-order valence-electron chi connectivity index (χ0n) is 13.8. The van der Waals surface area contributed by atoms with Crippen molar-refractivity contribution in [2.75, 3.05) is 19.6 Å². The summed E-state index contributed by atoms with van der Waals surface area (Å²) in [5, 5.41) is 12.6.